The maximum atomic E-state index is 12.0. The number of ether oxygens (including phenoxy) is 3. The lowest BCUT2D eigenvalue weighted by molar-refractivity contribution is -0.142. The van der Waals surface area contributed by atoms with Crippen LogP contribution in [-0.2, 0) is 19.0 Å². The van der Waals surface area contributed by atoms with E-state index in [4.69, 9.17) is 9.47 Å². The van der Waals surface area contributed by atoms with Gasteiger partial charge < -0.3 is 19.5 Å². The number of carbonyl (C=O) groups is 2. The van der Waals surface area contributed by atoms with Crippen LogP contribution in [0.5, 0.6) is 0 Å². The fourth-order valence-corrected chi connectivity index (χ4v) is 2.61. The van der Waals surface area contributed by atoms with E-state index in [2.05, 4.69) is 10.1 Å². The Balaban J connectivity index is 2.11. The predicted octanol–water partition coefficient (Wildman–Crippen LogP) is 1.20. The quantitative estimate of drug-likeness (QED) is 0.845. The van der Waals surface area contributed by atoms with Gasteiger partial charge in [-0.3, -0.25) is 4.79 Å². The van der Waals surface area contributed by atoms with E-state index in [9.17, 15) is 9.59 Å². The van der Waals surface area contributed by atoms with Gasteiger partial charge in [0.15, 0.2) is 6.10 Å². The summed E-state index contributed by atoms with van der Waals surface area (Å²) in [6.07, 6.45) is -0.640. The first kappa shape index (κ1) is 14.0. The summed E-state index contributed by atoms with van der Waals surface area (Å²) in [5.41, 5.74) is 1.30. The van der Waals surface area contributed by atoms with Crippen molar-refractivity contribution in [1.29, 1.82) is 0 Å². The molecule has 1 aromatic heterocycles. The van der Waals surface area contributed by atoms with Gasteiger partial charge in [0.2, 0.25) is 0 Å². The summed E-state index contributed by atoms with van der Waals surface area (Å²) in [5, 5.41) is 4.50. The first-order chi connectivity index (χ1) is 9.13. The molecule has 1 unspecified atom stereocenters. The summed E-state index contributed by atoms with van der Waals surface area (Å²) >= 11 is 1.24. The van der Waals surface area contributed by atoms with Crippen molar-refractivity contribution in [3.8, 4) is 0 Å². The zero-order valence-corrected chi connectivity index (χ0v) is 11.5. The molecular weight excluding hydrogens is 270 g/mol. The van der Waals surface area contributed by atoms with E-state index in [1.165, 1.54) is 18.4 Å². The van der Waals surface area contributed by atoms with Gasteiger partial charge in [-0.1, -0.05) is 0 Å². The van der Waals surface area contributed by atoms with Gasteiger partial charge in [0.1, 0.15) is 4.88 Å². The van der Waals surface area contributed by atoms with E-state index >= 15 is 0 Å². The van der Waals surface area contributed by atoms with Gasteiger partial charge in [-0.05, 0) is 17.9 Å². The number of esters is 1. The fourth-order valence-electron chi connectivity index (χ4n) is 1.69. The minimum atomic E-state index is -0.640. The third-order valence-electron chi connectivity index (χ3n) is 2.70. The summed E-state index contributed by atoms with van der Waals surface area (Å²) < 4.78 is 15.2. The average Bonchev–Trinajstić information content (AvgIpc) is 2.80. The Labute approximate surface area is 114 Å². The Kier molecular flexibility index (Phi) is 4.52. The normalized spacial score (nSPS) is 18.9. The molecule has 0 spiro atoms. The van der Waals surface area contributed by atoms with Crippen LogP contribution in [0.4, 0.5) is 5.69 Å². The Morgan fingerprint density at radius 2 is 2.26 bits per heavy atom. The summed E-state index contributed by atoms with van der Waals surface area (Å²) in [4.78, 5) is 24.0. The first-order valence-electron chi connectivity index (χ1n) is 5.80. The van der Waals surface area contributed by atoms with Gasteiger partial charge >= 0.3 is 5.97 Å². The van der Waals surface area contributed by atoms with Crippen LogP contribution in [0, 0.1) is 6.92 Å². The molecule has 0 aliphatic carbocycles. The largest absolute Gasteiger partial charge is 0.465 e. The second kappa shape index (κ2) is 6.14. The monoisotopic (exact) mass is 285 g/mol. The Bertz CT molecular complexity index is 478. The molecule has 1 atom stereocenters. The number of amides is 1. The van der Waals surface area contributed by atoms with Crippen LogP contribution in [0.1, 0.15) is 15.2 Å². The second-order valence-corrected chi connectivity index (χ2v) is 4.92. The van der Waals surface area contributed by atoms with Crippen molar-refractivity contribution in [2.45, 2.75) is 13.0 Å². The van der Waals surface area contributed by atoms with Crippen molar-refractivity contribution in [2.24, 2.45) is 0 Å². The van der Waals surface area contributed by atoms with Crippen molar-refractivity contribution in [1.82, 2.24) is 0 Å². The molecule has 1 N–H and O–H groups in total. The lowest BCUT2D eigenvalue weighted by atomic mass is 10.2. The number of aryl methyl sites for hydroxylation is 1. The van der Waals surface area contributed by atoms with Crippen molar-refractivity contribution >= 4 is 28.9 Å². The molecular formula is C12H15NO5S. The van der Waals surface area contributed by atoms with E-state index in [1.807, 2.05) is 6.92 Å². The molecule has 1 aliphatic heterocycles. The predicted molar refractivity (Wildman–Crippen MR) is 69.6 cm³/mol. The van der Waals surface area contributed by atoms with Gasteiger partial charge in [-0.15, -0.1) is 11.3 Å². The third-order valence-corrected chi connectivity index (χ3v) is 3.78. The summed E-state index contributed by atoms with van der Waals surface area (Å²) in [6, 6.07) is 0. The molecule has 1 aliphatic rings. The molecule has 0 saturated carbocycles. The number of hydrogen-bond donors (Lipinski definition) is 1. The Hall–Kier alpha value is -1.44. The molecule has 6 nitrogen and oxygen atoms in total. The highest BCUT2D eigenvalue weighted by molar-refractivity contribution is 7.12. The highest BCUT2D eigenvalue weighted by atomic mass is 32.1. The number of anilines is 1. The standard InChI is InChI=1S/C12H15NO5S/c1-7-6-19-10(12(15)16-2)9(7)13-11(14)8-5-17-3-4-18-8/h6,8H,3-5H2,1-2H3,(H,13,14). The van der Waals surface area contributed by atoms with Crippen molar-refractivity contribution in [2.75, 3.05) is 32.2 Å². The maximum Gasteiger partial charge on any atom is 0.350 e. The van der Waals surface area contributed by atoms with Crippen molar-refractivity contribution in [3.63, 3.8) is 0 Å². The molecule has 104 valence electrons. The number of hydrogen-bond acceptors (Lipinski definition) is 6. The minimum Gasteiger partial charge on any atom is -0.465 e. The number of carbonyl (C=O) groups excluding carboxylic acids is 2. The smallest absolute Gasteiger partial charge is 0.350 e. The zero-order chi connectivity index (χ0) is 13.8. The van der Waals surface area contributed by atoms with E-state index in [1.54, 1.807) is 5.38 Å². The number of nitrogens with one attached hydrogen (secondary N) is 1. The second-order valence-electron chi connectivity index (χ2n) is 4.04. The van der Waals surface area contributed by atoms with E-state index in [0.29, 0.717) is 23.8 Å². The van der Waals surface area contributed by atoms with Crippen LogP contribution >= 0.6 is 11.3 Å². The maximum absolute atomic E-state index is 12.0. The van der Waals surface area contributed by atoms with Crippen LogP contribution in [-0.4, -0.2) is 44.9 Å². The van der Waals surface area contributed by atoms with Crippen LogP contribution in [0.25, 0.3) is 0 Å². The highest BCUT2D eigenvalue weighted by Gasteiger charge is 2.25. The molecule has 0 bridgehead atoms. The van der Waals surface area contributed by atoms with E-state index < -0.39 is 12.1 Å². The molecule has 19 heavy (non-hydrogen) atoms. The number of thiophene rings is 1. The van der Waals surface area contributed by atoms with Crippen molar-refractivity contribution in [3.05, 3.63) is 15.8 Å². The summed E-state index contributed by atoms with van der Waals surface area (Å²) in [6.45, 7) is 2.93. The minimum absolute atomic E-state index is 0.225. The topological polar surface area (TPSA) is 73.9 Å². The third kappa shape index (κ3) is 3.12. The van der Waals surface area contributed by atoms with Crippen molar-refractivity contribution < 1.29 is 23.8 Å². The van der Waals surface area contributed by atoms with Crippen LogP contribution in [0.15, 0.2) is 5.38 Å². The molecule has 2 rings (SSSR count). The zero-order valence-electron chi connectivity index (χ0n) is 10.7. The first-order valence-corrected chi connectivity index (χ1v) is 6.68. The van der Waals surface area contributed by atoms with E-state index in [0.717, 1.165) is 5.56 Å². The molecule has 0 radical (unpaired) electrons. The lowest BCUT2D eigenvalue weighted by Gasteiger charge is -2.22. The summed E-state index contributed by atoms with van der Waals surface area (Å²) in [7, 11) is 1.31. The molecule has 1 fully saturated rings. The van der Waals surface area contributed by atoms with Crippen LogP contribution in [0.2, 0.25) is 0 Å². The van der Waals surface area contributed by atoms with Gasteiger partial charge in [0.05, 0.1) is 32.6 Å². The SMILES string of the molecule is COC(=O)c1scc(C)c1NC(=O)C1COCCO1. The Morgan fingerprint density at radius 3 is 2.89 bits per heavy atom. The number of methoxy groups -OCH3 is 1. The van der Waals surface area contributed by atoms with Crippen LogP contribution in [0.3, 0.4) is 0 Å². The van der Waals surface area contributed by atoms with Gasteiger partial charge in [0.25, 0.3) is 5.91 Å². The van der Waals surface area contributed by atoms with E-state index in [-0.39, 0.29) is 12.5 Å². The molecule has 1 amide bonds. The molecule has 2 heterocycles. The average molecular weight is 285 g/mol. The lowest BCUT2D eigenvalue weighted by Crippen LogP contribution is -2.39. The molecule has 1 aromatic rings. The molecule has 0 aromatic carbocycles. The summed E-state index contributed by atoms with van der Waals surface area (Å²) in [5.74, 6) is -0.777. The molecule has 7 heteroatoms. The fraction of sp³-hybridized carbons (Fsp3) is 0.500. The van der Waals surface area contributed by atoms with Gasteiger partial charge in [-0.2, -0.15) is 0 Å². The van der Waals surface area contributed by atoms with Crippen LogP contribution < -0.4 is 5.32 Å². The number of rotatable bonds is 3. The van der Waals surface area contributed by atoms with Gasteiger partial charge in [-0.25, -0.2) is 4.79 Å². The highest BCUT2D eigenvalue weighted by Crippen LogP contribution is 2.28. The van der Waals surface area contributed by atoms with Gasteiger partial charge in [0, 0.05) is 0 Å². The molecule has 1 saturated heterocycles. The Morgan fingerprint density at radius 1 is 1.47 bits per heavy atom.